The number of alkyl halides is 3. The third-order valence-corrected chi connectivity index (χ3v) is 4.85. The second kappa shape index (κ2) is 7.63. The smallest absolute Gasteiger partial charge is 0.416 e. The molecule has 0 bridgehead atoms. The molecule has 4 rings (SSSR count). The first-order valence-corrected chi connectivity index (χ1v) is 9.32. The van der Waals surface area contributed by atoms with Gasteiger partial charge in [0, 0.05) is 5.56 Å². The SMILES string of the molecule is O=C1NC(=Nc2ccccc2)C(=Cc2ccc(-c3cccc(C(F)(F)F)c3)o2)S1. The number of carbonyl (C=O) groups excluding carboxylic acids is 1. The van der Waals surface area contributed by atoms with Gasteiger partial charge in [-0.15, -0.1) is 0 Å². The number of hydrogen-bond acceptors (Lipinski definition) is 4. The van der Waals surface area contributed by atoms with Crippen molar-refractivity contribution in [1.82, 2.24) is 5.32 Å². The summed E-state index contributed by atoms with van der Waals surface area (Å²) in [6.45, 7) is 0. The Labute approximate surface area is 168 Å². The van der Waals surface area contributed by atoms with E-state index in [4.69, 9.17) is 4.42 Å². The third kappa shape index (κ3) is 4.43. The van der Waals surface area contributed by atoms with Crippen LogP contribution in [-0.4, -0.2) is 11.1 Å². The molecule has 0 saturated carbocycles. The maximum absolute atomic E-state index is 12.9. The molecule has 8 heteroatoms. The van der Waals surface area contributed by atoms with Crippen LogP contribution >= 0.6 is 11.8 Å². The fourth-order valence-electron chi connectivity index (χ4n) is 2.71. The van der Waals surface area contributed by atoms with E-state index in [-0.39, 0.29) is 5.24 Å². The first-order chi connectivity index (χ1) is 13.9. The molecule has 0 aliphatic carbocycles. The largest absolute Gasteiger partial charge is 0.457 e. The quantitative estimate of drug-likeness (QED) is 0.533. The Morgan fingerprint density at radius 3 is 2.55 bits per heavy atom. The molecular formula is C21H13F3N2O2S. The van der Waals surface area contributed by atoms with Crippen molar-refractivity contribution in [3.8, 4) is 11.3 Å². The molecule has 146 valence electrons. The molecule has 0 spiro atoms. The molecule has 2 heterocycles. The molecular weight excluding hydrogens is 401 g/mol. The Morgan fingerprint density at radius 1 is 1.00 bits per heavy atom. The summed E-state index contributed by atoms with van der Waals surface area (Å²) in [6.07, 6.45) is -2.80. The summed E-state index contributed by atoms with van der Waals surface area (Å²) in [7, 11) is 0. The van der Waals surface area contributed by atoms with E-state index < -0.39 is 11.7 Å². The highest BCUT2D eigenvalue weighted by atomic mass is 32.2. The lowest BCUT2D eigenvalue weighted by Crippen LogP contribution is -2.18. The van der Waals surface area contributed by atoms with E-state index in [1.807, 2.05) is 18.2 Å². The molecule has 1 aromatic heterocycles. The topological polar surface area (TPSA) is 54.6 Å². The Balaban J connectivity index is 1.63. The zero-order chi connectivity index (χ0) is 20.4. The highest BCUT2D eigenvalue weighted by molar-refractivity contribution is 8.18. The van der Waals surface area contributed by atoms with Crippen LogP contribution in [0.2, 0.25) is 0 Å². The highest BCUT2D eigenvalue weighted by Crippen LogP contribution is 2.34. The number of amides is 1. The van der Waals surface area contributed by atoms with Crippen LogP contribution in [0.3, 0.4) is 0 Å². The van der Waals surface area contributed by atoms with Crippen LogP contribution in [-0.2, 0) is 6.18 Å². The third-order valence-electron chi connectivity index (χ3n) is 4.03. The Kier molecular flexibility index (Phi) is 5.02. The number of thioether (sulfide) groups is 1. The summed E-state index contributed by atoms with van der Waals surface area (Å²) in [5.74, 6) is 1.09. The predicted molar refractivity (Wildman–Crippen MR) is 107 cm³/mol. The average molecular weight is 414 g/mol. The van der Waals surface area contributed by atoms with Gasteiger partial charge in [-0.1, -0.05) is 30.3 Å². The number of carbonyl (C=O) groups is 1. The van der Waals surface area contributed by atoms with Gasteiger partial charge in [-0.05, 0) is 54.2 Å². The van der Waals surface area contributed by atoms with Crippen LogP contribution in [0.25, 0.3) is 17.4 Å². The van der Waals surface area contributed by atoms with Gasteiger partial charge in [-0.25, -0.2) is 4.99 Å². The Bertz CT molecular complexity index is 1120. The number of nitrogens with zero attached hydrogens (tertiary/aromatic N) is 1. The first-order valence-electron chi connectivity index (χ1n) is 8.50. The first kappa shape index (κ1) is 19.1. The maximum atomic E-state index is 12.9. The van der Waals surface area contributed by atoms with Crippen molar-refractivity contribution < 1.29 is 22.4 Å². The number of rotatable bonds is 3. The van der Waals surface area contributed by atoms with Gasteiger partial charge >= 0.3 is 6.18 Å². The lowest BCUT2D eigenvalue weighted by molar-refractivity contribution is -0.137. The van der Waals surface area contributed by atoms with Gasteiger partial charge in [0.05, 0.1) is 16.2 Å². The van der Waals surface area contributed by atoms with Crippen LogP contribution in [0.5, 0.6) is 0 Å². The Morgan fingerprint density at radius 2 is 1.79 bits per heavy atom. The molecule has 2 aromatic carbocycles. The van der Waals surface area contributed by atoms with E-state index in [1.54, 1.807) is 36.4 Å². The number of benzene rings is 2. The Hall–Kier alpha value is -3.26. The molecule has 0 radical (unpaired) electrons. The van der Waals surface area contributed by atoms with Crippen molar-refractivity contribution in [2.75, 3.05) is 0 Å². The summed E-state index contributed by atoms with van der Waals surface area (Å²) in [6, 6.07) is 17.3. The summed E-state index contributed by atoms with van der Waals surface area (Å²) in [5, 5.41) is 2.41. The molecule has 1 N–H and O–H groups in total. The fraction of sp³-hybridized carbons (Fsp3) is 0.0476. The number of furan rings is 1. The van der Waals surface area contributed by atoms with Crippen LogP contribution in [0.1, 0.15) is 11.3 Å². The minimum atomic E-state index is -4.43. The van der Waals surface area contributed by atoms with Gasteiger partial charge in [-0.2, -0.15) is 13.2 Å². The van der Waals surface area contributed by atoms with Crippen LogP contribution in [0, 0.1) is 0 Å². The number of para-hydroxylation sites is 1. The number of amidine groups is 1. The molecule has 4 nitrogen and oxygen atoms in total. The number of hydrogen-bond donors (Lipinski definition) is 1. The predicted octanol–water partition coefficient (Wildman–Crippen LogP) is 6.49. The van der Waals surface area contributed by atoms with Crippen molar-refractivity contribution in [3.05, 3.63) is 83.0 Å². The standard InChI is InChI=1S/C21H13F3N2O2S/c22-21(23,24)14-6-4-5-13(11-14)17-10-9-16(28-17)12-18-19(26-20(27)29-18)25-15-7-2-1-3-8-15/h1-12H,(H,25,26,27). The van der Waals surface area contributed by atoms with E-state index >= 15 is 0 Å². The van der Waals surface area contributed by atoms with Crippen LogP contribution in [0.15, 0.2) is 81.0 Å². The zero-order valence-electron chi connectivity index (χ0n) is 14.7. The minimum Gasteiger partial charge on any atom is -0.457 e. The van der Waals surface area contributed by atoms with Gasteiger partial charge in [0.1, 0.15) is 17.4 Å². The van der Waals surface area contributed by atoms with E-state index in [2.05, 4.69) is 10.3 Å². The maximum Gasteiger partial charge on any atom is 0.416 e. The zero-order valence-corrected chi connectivity index (χ0v) is 15.6. The van der Waals surface area contributed by atoms with Gasteiger partial charge in [0.25, 0.3) is 5.24 Å². The van der Waals surface area contributed by atoms with E-state index in [9.17, 15) is 18.0 Å². The molecule has 1 saturated heterocycles. The van der Waals surface area contributed by atoms with Gasteiger partial charge in [0.15, 0.2) is 0 Å². The van der Waals surface area contributed by atoms with Crippen molar-refractivity contribution in [3.63, 3.8) is 0 Å². The molecule has 1 amide bonds. The van der Waals surface area contributed by atoms with Crippen LogP contribution < -0.4 is 5.32 Å². The van der Waals surface area contributed by atoms with Crippen molar-refractivity contribution in [2.24, 2.45) is 4.99 Å². The highest BCUT2D eigenvalue weighted by Gasteiger charge is 2.30. The van der Waals surface area contributed by atoms with Gasteiger partial charge < -0.3 is 9.73 Å². The molecule has 29 heavy (non-hydrogen) atoms. The fourth-order valence-corrected chi connectivity index (χ4v) is 3.42. The second-order valence-electron chi connectivity index (χ2n) is 6.10. The number of halogens is 3. The molecule has 0 atom stereocenters. The summed E-state index contributed by atoms with van der Waals surface area (Å²) in [5.41, 5.74) is 0.251. The van der Waals surface area contributed by atoms with E-state index in [0.717, 1.165) is 23.9 Å². The number of aliphatic imine (C=N–C) groups is 1. The van der Waals surface area contributed by atoms with Gasteiger partial charge in [0.2, 0.25) is 0 Å². The van der Waals surface area contributed by atoms with Gasteiger partial charge in [-0.3, -0.25) is 4.79 Å². The summed E-state index contributed by atoms with van der Waals surface area (Å²) < 4.78 is 44.5. The minimum absolute atomic E-state index is 0.268. The van der Waals surface area contributed by atoms with Crippen molar-refractivity contribution in [1.29, 1.82) is 0 Å². The normalized spacial score (nSPS) is 17.1. The lowest BCUT2D eigenvalue weighted by Gasteiger charge is -2.07. The average Bonchev–Trinajstić information content (AvgIpc) is 3.29. The molecule has 3 aromatic rings. The molecule has 0 unspecified atom stereocenters. The second-order valence-corrected chi connectivity index (χ2v) is 7.11. The van der Waals surface area contributed by atoms with E-state index in [1.165, 1.54) is 6.07 Å². The molecule has 1 aliphatic heterocycles. The van der Waals surface area contributed by atoms with E-state index in [0.29, 0.717) is 33.5 Å². The summed E-state index contributed by atoms with van der Waals surface area (Å²) in [4.78, 5) is 16.8. The molecule has 1 fully saturated rings. The number of nitrogens with one attached hydrogen (secondary N) is 1. The van der Waals surface area contributed by atoms with Crippen molar-refractivity contribution in [2.45, 2.75) is 6.18 Å². The monoisotopic (exact) mass is 414 g/mol. The van der Waals surface area contributed by atoms with Crippen molar-refractivity contribution >= 4 is 34.6 Å². The lowest BCUT2D eigenvalue weighted by atomic mass is 10.1. The summed E-state index contributed by atoms with van der Waals surface area (Å²) >= 11 is 0.970. The molecule has 1 aliphatic rings. The van der Waals surface area contributed by atoms with Crippen LogP contribution in [0.4, 0.5) is 23.7 Å².